The first-order valence-electron chi connectivity index (χ1n) is 7.78. The second-order valence-corrected chi connectivity index (χ2v) is 5.42. The summed E-state index contributed by atoms with van der Waals surface area (Å²) >= 11 is 0. The van der Waals surface area contributed by atoms with Gasteiger partial charge in [0.25, 0.3) is 0 Å². The maximum Gasteiger partial charge on any atom is 0.236 e. The molecule has 1 saturated heterocycles. The summed E-state index contributed by atoms with van der Waals surface area (Å²) in [5.74, 6) is 0.333. The molecule has 0 saturated carbocycles. The minimum absolute atomic E-state index is 0.333. The monoisotopic (exact) mass is 254 g/mol. The fourth-order valence-corrected chi connectivity index (χ4v) is 2.66. The zero-order valence-electron chi connectivity index (χ0n) is 12.3. The number of hydrogen-bond donors (Lipinski definition) is 0. The van der Waals surface area contributed by atoms with Gasteiger partial charge in [-0.25, -0.2) is 0 Å². The molecule has 106 valence electrons. The molecule has 1 fully saturated rings. The smallest absolute Gasteiger partial charge is 0.236 e. The van der Waals surface area contributed by atoms with Gasteiger partial charge in [0.15, 0.2) is 0 Å². The molecule has 0 aromatic heterocycles. The van der Waals surface area contributed by atoms with E-state index in [0.717, 1.165) is 39.0 Å². The van der Waals surface area contributed by atoms with E-state index in [2.05, 4.69) is 18.7 Å². The number of likely N-dealkylation sites (tertiary alicyclic amines) is 1. The number of amides is 1. The Morgan fingerprint density at radius 2 is 1.44 bits per heavy atom. The average molecular weight is 254 g/mol. The van der Waals surface area contributed by atoms with E-state index in [9.17, 15) is 4.79 Å². The van der Waals surface area contributed by atoms with Gasteiger partial charge in [-0.3, -0.25) is 9.69 Å². The van der Waals surface area contributed by atoms with E-state index in [-0.39, 0.29) is 0 Å². The summed E-state index contributed by atoms with van der Waals surface area (Å²) in [5.41, 5.74) is 0. The van der Waals surface area contributed by atoms with Crippen molar-refractivity contribution in [1.82, 2.24) is 9.80 Å². The van der Waals surface area contributed by atoms with Gasteiger partial charge in [-0.1, -0.05) is 33.1 Å². The van der Waals surface area contributed by atoms with Crippen molar-refractivity contribution in [2.45, 2.75) is 58.8 Å². The van der Waals surface area contributed by atoms with Crippen LogP contribution in [-0.4, -0.2) is 48.4 Å². The number of carbonyl (C=O) groups excluding carboxylic acids is 1. The zero-order valence-corrected chi connectivity index (χ0v) is 12.3. The van der Waals surface area contributed by atoms with Gasteiger partial charge >= 0.3 is 0 Å². The minimum Gasteiger partial charge on any atom is -0.342 e. The Balaban J connectivity index is 2.38. The molecule has 0 atom stereocenters. The molecule has 18 heavy (non-hydrogen) atoms. The molecule has 1 aliphatic heterocycles. The molecular weight excluding hydrogens is 224 g/mol. The number of hydrogen-bond acceptors (Lipinski definition) is 2. The van der Waals surface area contributed by atoms with Crippen molar-refractivity contribution >= 4 is 5.91 Å². The highest BCUT2D eigenvalue weighted by molar-refractivity contribution is 5.78. The van der Waals surface area contributed by atoms with Gasteiger partial charge in [-0.05, 0) is 38.8 Å². The quantitative estimate of drug-likeness (QED) is 0.727. The standard InChI is InChI=1S/C15H30N2O/c1-3-10-17(11-4-2)15(18)14-16-12-8-6-5-7-9-13-16/h3-14H2,1-2H3. The van der Waals surface area contributed by atoms with Gasteiger partial charge in [0, 0.05) is 13.1 Å². The Kier molecular flexibility index (Phi) is 8.06. The lowest BCUT2D eigenvalue weighted by Gasteiger charge is -2.28. The third-order valence-electron chi connectivity index (χ3n) is 3.65. The minimum atomic E-state index is 0.333. The van der Waals surface area contributed by atoms with Crippen molar-refractivity contribution in [3.63, 3.8) is 0 Å². The van der Waals surface area contributed by atoms with Crippen molar-refractivity contribution in [2.75, 3.05) is 32.7 Å². The van der Waals surface area contributed by atoms with Crippen LogP contribution in [-0.2, 0) is 4.79 Å². The van der Waals surface area contributed by atoms with Crippen molar-refractivity contribution in [3.8, 4) is 0 Å². The van der Waals surface area contributed by atoms with Crippen LogP contribution >= 0.6 is 0 Å². The summed E-state index contributed by atoms with van der Waals surface area (Å²) in [7, 11) is 0. The van der Waals surface area contributed by atoms with Gasteiger partial charge in [0.1, 0.15) is 0 Å². The molecular formula is C15H30N2O. The Morgan fingerprint density at radius 1 is 0.944 bits per heavy atom. The fourth-order valence-electron chi connectivity index (χ4n) is 2.66. The van der Waals surface area contributed by atoms with E-state index in [0.29, 0.717) is 12.5 Å². The predicted molar refractivity (Wildman–Crippen MR) is 76.7 cm³/mol. The topological polar surface area (TPSA) is 23.6 Å². The third kappa shape index (κ3) is 5.85. The molecule has 1 aliphatic rings. The molecule has 0 spiro atoms. The van der Waals surface area contributed by atoms with E-state index >= 15 is 0 Å². The lowest BCUT2D eigenvalue weighted by molar-refractivity contribution is -0.132. The maximum atomic E-state index is 12.3. The van der Waals surface area contributed by atoms with Crippen LogP contribution in [0.25, 0.3) is 0 Å². The molecule has 0 aromatic carbocycles. The Hall–Kier alpha value is -0.570. The molecule has 0 aliphatic carbocycles. The normalized spacial score (nSPS) is 18.1. The van der Waals surface area contributed by atoms with E-state index in [1.807, 2.05) is 4.90 Å². The van der Waals surface area contributed by atoms with Crippen LogP contribution in [0.15, 0.2) is 0 Å². The molecule has 3 heteroatoms. The summed E-state index contributed by atoms with van der Waals surface area (Å²) in [4.78, 5) is 16.7. The van der Waals surface area contributed by atoms with Gasteiger partial charge < -0.3 is 4.90 Å². The molecule has 1 rings (SSSR count). The lowest BCUT2D eigenvalue weighted by atomic mass is 10.1. The lowest BCUT2D eigenvalue weighted by Crippen LogP contribution is -2.42. The molecule has 0 unspecified atom stereocenters. The Morgan fingerprint density at radius 3 is 1.94 bits per heavy atom. The molecule has 0 N–H and O–H groups in total. The van der Waals surface area contributed by atoms with Gasteiger partial charge in [0.05, 0.1) is 6.54 Å². The van der Waals surface area contributed by atoms with E-state index in [1.165, 1.54) is 32.1 Å². The van der Waals surface area contributed by atoms with Crippen LogP contribution in [0.2, 0.25) is 0 Å². The first-order valence-corrected chi connectivity index (χ1v) is 7.78. The molecule has 1 amide bonds. The summed E-state index contributed by atoms with van der Waals surface area (Å²) in [6.07, 6.45) is 8.68. The SMILES string of the molecule is CCCN(CCC)C(=O)CN1CCCCCCC1. The van der Waals surface area contributed by atoms with Crippen molar-refractivity contribution in [3.05, 3.63) is 0 Å². The molecule has 0 aromatic rings. The fraction of sp³-hybridized carbons (Fsp3) is 0.933. The van der Waals surface area contributed by atoms with Crippen LogP contribution in [0.4, 0.5) is 0 Å². The summed E-state index contributed by atoms with van der Waals surface area (Å²) < 4.78 is 0. The van der Waals surface area contributed by atoms with Gasteiger partial charge in [-0.15, -0.1) is 0 Å². The Bertz CT molecular complexity index is 217. The first kappa shape index (κ1) is 15.5. The maximum absolute atomic E-state index is 12.3. The van der Waals surface area contributed by atoms with Gasteiger partial charge in [-0.2, -0.15) is 0 Å². The molecule has 1 heterocycles. The molecule has 0 radical (unpaired) electrons. The van der Waals surface area contributed by atoms with E-state index in [1.54, 1.807) is 0 Å². The van der Waals surface area contributed by atoms with E-state index < -0.39 is 0 Å². The summed E-state index contributed by atoms with van der Waals surface area (Å²) in [6.45, 7) is 8.98. The number of carbonyl (C=O) groups is 1. The van der Waals surface area contributed by atoms with Crippen molar-refractivity contribution in [1.29, 1.82) is 0 Å². The highest BCUT2D eigenvalue weighted by Gasteiger charge is 2.16. The van der Waals surface area contributed by atoms with Crippen LogP contribution < -0.4 is 0 Å². The van der Waals surface area contributed by atoms with Crippen LogP contribution in [0.5, 0.6) is 0 Å². The van der Waals surface area contributed by atoms with Crippen LogP contribution in [0, 0.1) is 0 Å². The highest BCUT2D eigenvalue weighted by Crippen LogP contribution is 2.10. The van der Waals surface area contributed by atoms with Crippen LogP contribution in [0.1, 0.15) is 58.8 Å². The second kappa shape index (κ2) is 9.37. The number of nitrogens with zero attached hydrogens (tertiary/aromatic N) is 2. The summed E-state index contributed by atoms with van der Waals surface area (Å²) in [5, 5.41) is 0. The van der Waals surface area contributed by atoms with Crippen molar-refractivity contribution < 1.29 is 4.79 Å². The predicted octanol–water partition coefficient (Wildman–Crippen LogP) is 2.90. The number of rotatable bonds is 6. The van der Waals surface area contributed by atoms with E-state index in [4.69, 9.17) is 0 Å². The largest absolute Gasteiger partial charge is 0.342 e. The molecule has 3 nitrogen and oxygen atoms in total. The summed E-state index contributed by atoms with van der Waals surface area (Å²) in [6, 6.07) is 0. The highest BCUT2D eigenvalue weighted by atomic mass is 16.2. The first-order chi connectivity index (χ1) is 8.77. The van der Waals surface area contributed by atoms with Crippen molar-refractivity contribution in [2.24, 2.45) is 0 Å². The Labute approximate surface area is 113 Å². The zero-order chi connectivity index (χ0) is 13.2. The average Bonchev–Trinajstić information content (AvgIpc) is 2.32. The molecule has 0 bridgehead atoms. The van der Waals surface area contributed by atoms with Crippen LogP contribution in [0.3, 0.4) is 0 Å². The third-order valence-corrected chi connectivity index (χ3v) is 3.65. The van der Waals surface area contributed by atoms with Gasteiger partial charge in [0.2, 0.25) is 5.91 Å². The second-order valence-electron chi connectivity index (χ2n) is 5.42.